The van der Waals surface area contributed by atoms with Gasteiger partial charge in [-0.3, -0.25) is 4.79 Å². The minimum atomic E-state index is -0.803. The molecule has 3 nitrogen and oxygen atoms in total. The van der Waals surface area contributed by atoms with Crippen LogP contribution in [0.3, 0.4) is 0 Å². The lowest BCUT2D eigenvalue weighted by atomic mass is 9.70. The van der Waals surface area contributed by atoms with Crippen LogP contribution >= 0.6 is 12.4 Å². The smallest absolute Gasteiger partial charge is 0.321 e. The standard InChI is InChI=1S/C21H27NO2.ClH/c1-5-24-20(23)21(16-17(2)22(3)4,18-12-8-6-9-13-18)19-14-10-7-11-15-19;/h6-15,17H,5,16H2,1-4H3;1H. The van der Waals surface area contributed by atoms with E-state index in [2.05, 4.69) is 11.8 Å². The van der Waals surface area contributed by atoms with E-state index in [0.717, 1.165) is 11.1 Å². The number of esters is 1. The molecular formula is C21H28ClNO2. The minimum absolute atomic E-state index is 0. The second-order valence-electron chi connectivity index (χ2n) is 6.37. The molecule has 0 radical (unpaired) electrons. The lowest BCUT2D eigenvalue weighted by molar-refractivity contribution is -0.149. The maximum Gasteiger partial charge on any atom is 0.321 e. The van der Waals surface area contributed by atoms with Crippen LogP contribution in [0.25, 0.3) is 0 Å². The second-order valence-corrected chi connectivity index (χ2v) is 6.37. The van der Waals surface area contributed by atoms with Gasteiger partial charge in [0.05, 0.1) is 6.61 Å². The molecule has 2 aromatic rings. The molecule has 0 amide bonds. The van der Waals surface area contributed by atoms with Gasteiger partial charge in [0.1, 0.15) is 5.41 Å². The van der Waals surface area contributed by atoms with E-state index in [-0.39, 0.29) is 24.4 Å². The lowest BCUT2D eigenvalue weighted by Gasteiger charge is -2.36. The van der Waals surface area contributed by atoms with Gasteiger partial charge in [-0.25, -0.2) is 0 Å². The predicted molar refractivity (Wildman–Crippen MR) is 105 cm³/mol. The maximum atomic E-state index is 13.2. The molecule has 0 saturated carbocycles. The Bertz CT molecular complexity index is 604. The van der Waals surface area contributed by atoms with Crippen LogP contribution in [0, 0.1) is 0 Å². The van der Waals surface area contributed by atoms with Crippen LogP contribution in [0.2, 0.25) is 0 Å². The van der Waals surface area contributed by atoms with Crippen molar-refractivity contribution in [2.75, 3.05) is 20.7 Å². The molecule has 136 valence electrons. The van der Waals surface area contributed by atoms with E-state index in [4.69, 9.17) is 4.74 Å². The molecule has 0 aliphatic carbocycles. The first kappa shape index (κ1) is 21.2. The Kier molecular flexibility index (Phi) is 8.14. The number of benzene rings is 2. The van der Waals surface area contributed by atoms with Gasteiger partial charge >= 0.3 is 5.97 Å². The molecule has 1 atom stereocenters. The first-order chi connectivity index (χ1) is 11.5. The maximum absolute atomic E-state index is 13.2. The van der Waals surface area contributed by atoms with Crippen molar-refractivity contribution in [3.8, 4) is 0 Å². The molecule has 2 aromatic carbocycles. The Morgan fingerprint density at radius 3 is 1.80 bits per heavy atom. The van der Waals surface area contributed by atoms with Gasteiger partial charge in [-0.2, -0.15) is 0 Å². The van der Waals surface area contributed by atoms with Crippen molar-refractivity contribution in [3.05, 3.63) is 71.8 Å². The molecule has 0 saturated heterocycles. The van der Waals surface area contributed by atoms with E-state index < -0.39 is 5.41 Å². The molecule has 0 spiro atoms. The lowest BCUT2D eigenvalue weighted by Crippen LogP contribution is -2.44. The fourth-order valence-corrected chi connectivity index (χ4v) is 3.05. The van der Waals surface area contributed by atoms with Gasteiger partial charge in [0.25, 0.3) is 0 Å². The zero-order valence-electron chi connectivity index (χ0n) is 15.4. The molecule has 0 aromatic heterocycles. The molecule has 4 heteroatoms. The van der Waals surface area contributed by atoms with Crippen LogP contribution in [0.5, 0.6) is 0 Å². The summed E-state index contributed by atoms with van der Waals surface area (Å²) in [4.78, 5) is 15.3. The van der Waals surface area contributed by atoms with Crippen LogP contribution in [-0.4, -0.2) is 37.6 Å². The number of rotatable bonds is 7. The van der Waals surface area contributed by atoms with Gasteiger partial charge in [0, 0.05) is 6.04 Å². The fourth-order valence-electron chi connectivity index (χ4n) is 3.05. The summed E-state index contributed by atoms with van der Waals surface area (Å²) in [6.07, 6.45) is 0.660. The van der Waals surface area contributed by atoms with Crippen LogP contribution in [0.1, 0.15) is 31.4 Å². The molecule has 0 N–H and O–H groups in total. The highest BCUT2D eigenvalue weighted by molar-refractivity contribution is 5.87. The summed E-state index contributed by atoms with van der Waals surface area (Å²) in [6.45, 7) is 4.37. The summed E-state index contributed by atoms with van der Waals surface area (Å²) in [5, 5.41) is 0. The zero-order chi connectivity index (χ0) is 17.6. The average molecular weight is 362 g/mol. The van der Waals surface area contributed by atoms with Gasteiger partial charge in [0.2, 0.25) is 0 Å². The third-order valence-electron chi connectivity index (χ3n) is 4.64. The molecule has 1 unspecified atom stereocenters. The first-order valence-electron chi connectivity index (χ1n) is 8.47. The largest absolute Gasteiger partial charge is 0.465 e. The monoisotopic (exact) mass is 361 g/mol. The summed E-state index contributed by atoms with van der Waals surface area (Å²) < 4.78 is 5.54. The van der Waals surface area contributed by atoms with Crippen LogP contribution < -0.4 is 0 Å². The summed E-state index contributed by atoms with van der Waals surface area (Å²) in [7, 11) is 4.08. The third-order valence-corrected chi connectivity index (χ3v) is 4.64. The number of carbonyl (C=O) groups is 1. The van der Waals surface area contributed by atoms with Gasteiger partial charge in [-0.05, 0) is 45.5 Å². The molecular weight excluding hydrogens is 334 g/mol. The topological polar surface area (TPSA) is 29.5 Å². The van der Waals surface area contributed by atoms with Crippen molar-refractivity contribution in [1.82, 2.24) is 4.90 Å². The molecule has 0 heterocycles. The number of nitrogens with zero attached hydrogens (tertiary/aromatic N) is 1. The van der Waals surface area contributed by atoms with Crippen molar-refractivity contribution >= 4 is 18.4 Å². The van der Waals surface area contributed by atoms with Gasteiger partial charge in [-0.15, -0.1) is 12.4 Å². The van der Waals surface area contributed by atoms with Crippen molar-refractivity contribution in [2.24, 2.45) is 0 Å². The zero-order valence-corrected chi connectivity index (χ0v) is 16.3. The normalized spacial score (nSPS) is 12.4. The highest BCUT2D eigenvalue weighted by Gasteiger charge is 2.44. The Labute approximate surface area is 157 Å². The molecule has 2 rings (SSSR count). The number of hydrogen-bond acceptors (Lipinski definition) is 3. The Morgan fingerprint density at radius 2 is 1.44 bits per heavy atom. The van der Waals surface area contributed by atoms with Crippen LogP contribution in [-0.2, 0) is 14.9 Å². The number of hydrogen-bond donors (Lipinski definition) is 0. The van der Waals surface area contributed by atoms with Crippen molar-refractivity contribution in [2.45, 2.75) is 31.7 Å². The van der Waals surface area contributed by atoms with Crippen molar-refractivity contribution in [3.63, 3.8) is 0 Å². The second kappa shape index (κ2) is 9.59. The summed E-state index contributed by atoms with van der Waals surface area (Å²) in [5.41, 5.74) is 1.15. The van der Waals surface area contributed by atoms with Crippen molar-refractivity contribution < 1.29 is 9.53 Å². The fraction of sp³-hybridized carbons (Fsp3) is 0.381. The third kappa shape index (κ3) is 4.62. The van der Waals surface area contributed by atoms with Gasteiger partial charge < -0.3 is 9.64 Å². The van der Waals surface area contributed by atoms with E-state index in [9.17, 15) is 4.79 Å². The van der Waals surface area contributed by atoms with E-state index in [1.165, 1.54) is 0 Å². The molecule has 25 heavy (non-hydrogen) atoms. The molecule has 0 aliphatic rings. The van der Waals surface area contributed by atoms with Gasteiger partial charge in [0.15, 0.2) is 0 Å². The summed E-state index contributed by atoms with van der Waals surface area (Å²) in [6, 6.07) is 20.2. The Balaban J connectivity index is 0.00000312. The summed E-state index contributed by atoms with van der Waals surface area (Å²) in [5.74, 6) is -0.184. The van der Waals surface area contributed by atoms with E-state index in [1.54, 1.807) is 0 Å². The molecule has 0 bridgehead atoms. The first-order valence-corrected chi connectivity index (χ1v) is 8.47. The average Bonchev–Trinajstić information content (AvgIpc) is 2.61. The minimum Gasteiger partial charge on any atom is -0.465 e. The van der Waals surface area contributed by atoms with Crippen molar-refractivity contribution in [1.29, 1.82) is 0 Å². The SMILES string of the molecule is CCOC(=O)C(CC(C)N(C)C)(c1ccccc1)c1ccccc1.Cl. The van der Waals surface area contributed by atoms with E-state index in [0.29, 0.717) is 13.0 Å². The molecule has 0 fully saturated rings. The predicted octanol–water partition coefficient (Wildman–Crippen LogP) is 4.30. The number of halogens is 1. The van der Waals surface area contributed by atoms with Crippen LogP contribution in [0.4, 0.5) is 0 Å². The Hall–Kier alpha value is -1.84. The number of carbonyl (C=O) groups excluding carboxylic acids is 1. The summed E-state index contributed by atoms with van der Waals surface area (Å²) >= 11 is 0. The Morgan fingerprint density at radius 1 is 1.00 bits per heavy atom. The highest BCUT2D eigenvalue weighted by atomic mass is 35.5. The van der Waals surface area contributed by atoms with E-state index >= 15 is 0 Å². The highest BCUT2D eigenvalue weighted by Crippen LogP contribution is 2.39. The molecule has 0 aliphatic heterocycles. The number of ether oxygens (including phenoxy) is 1. The van der Waals surface area contributed by atoms with E-state index in [1.807, 2.05) is 81.7 Å². The van der Waals surface area contributed by atoms with Gasteiger partial charge in [-0.1, -0.05) is 60.7 Å². The van der Waals surface area contributed by atoms with Crippen LogP contribution in [0.15, 0.2) is 60.7 Å². The quantitative estimate of drug-likeness (QED) is 0.689.